The highest BCUT2D eigenvalue weighted by molar-refractivity contribution is 6.10. The first-order valence-corrected chi connectivity index (χ1v) is 9.15. The van der Waals surface area contributed by atoms with Crippen LogP contribution in [0.2, 0.25) is 0 Å². The van der Waals surface area contributed by atoms with E-state index in [2.05, 4.69) is 10.6 Å². The Bertz CT molecular complexity index is 741. The Morgan fingerprint density at radius 2 is 1.85 bits per heavy atom. The molecule has 2 aliphatic rings. The molecule has 27 heavy (non-hydrogen) atoms. The van der Waals surface area contributed by atoms with Gasteiger partial charge in [-0.3, -0.25) is 14.5 Å². The molecule has 0 atom stereocenters. The van der Waals surface area contributed by atoms with E-state index in [0.29, 0.717) is 30.0 Å². The number of anilines is 1. The van der Waals surface area contributed by atoms with E-state index in [1.54, 1.807) is 18.2 Å². The van der Waals surface area contributed by atoms with Crippen LogP contribution in [0, 0.1) is 0 Å². The molecule has 0 unspecified atom stereocenters. The van der Waals surface area contributed by atoms with Gasteiger partial charge in [0.1, 0.15) is 23.6 Å². The lowest BCUT2D eigenvalue weighted by molar-refractivity contribution is -0.134. The van der Waals surface area contributed by atoms with Gasteiger partial charge in [0.2, 0.25) is 5.91 Å². The van der Waals surface area contributed by atoms with Gasteiger partial charge in [-0.2, -0.15) is 0 Å². The minimum atomic E-state index is -0.846. The van der Waals surface area contributed by atoms with Crippen LogP contribution in [-0.4, -0.2) is 49.0 Å². The number of benzene rings is 1. The van der Waals surface area contributed by atoms with Gasteiger partial charge in [0.05, 0.1) is 19.9 Å². The number of imide groups is 1. The predicted molar refractivity (Wildman–Crippen MR) is 98.9 cm³/mol. The average Bonchev–Trinajstić information content (AvgIpc) is 2.83. The van der Waals surface area contributed by atoms with Crippen LogP contribution >= 0.6 is 0 Å². The summed E-state index contributed by atoms with van der Waals surface area (Å²) in [5, 5.41) is 5.52. The molecule has 1 spiro atoms. The molecule has 1 aliphatic carbocycles. The van der Waals surface area contributed by atoms with E-state index in [4.69, 9.17) is 9.47 Å². The fourth-order valence-corrected chi connectivity index (χ4v) is 3.74. The third-order valence-corrected chi connectivity index (χ3v) is 5.19. The molecule has 8 heteroatoms. The first-order valence-electron chi connectivity index (χ1n) is 9.15. The molecule has 8 nitrogen and oxygen atoms in total. The van der Waals surface area contributed by atoms with Gasteiger partial charge in [-0.05, 0) is 25.0 Å². The molecule has 1 saturated carbocycles. The van der Waals surface area contributed by atoms with Crippen LogP contribution < -0.4 is 20.1 Å². The van der Waals surface area contributed by atoms with E-state index in [0.717, 1.165) is 30.6 Å². The number of methoxy groups -OCH3 is 2. The second kappa shape index (κ2) is 7.85. The van der Waals surface area contributed by atoms with Gasteiger partial charge >= 0.3 is 6.03 Å². The number of carbonyl (C=O) groups excluding carboxylic acids is 3. The molecule has 1 aromatic rings. The van der Waals surface area contributed by atoms with Gasteiger partial charge in [-0.1, -0.05) is 25.7 Å². The summed E-state index contributed by atoms with van der Waals surface area (Å²) in [6, 6.07) is 4.49. The smallest absolute Gasteiger partial charge is 0.325 e. The number of hydrogen-bond donors (Lipinski definition) is 2. The van der Waals surface area contributed by atoms with Crippen molar-refractivity contribution in [3.05, 3.63) is 18.2 Å². The Labute approximate surface area is 158 Å². The van der Waals surface area contributed by atoms with E-state index in [-0.39, 0.29) is 12.5 Å². The van der Waals surface area contributed by atoms with Gasteiger partial charge in [0, 0.05) is 6.07 Å². The van der Waals surface area contributed by atoms with E-state index >= 15 is 0 Å². The van der Waals surface area contributed by atoms with Crippen LogP contribution in [0.5, 0.6) is 11.5 Å². The van der Waals surface area contributed by atoms with Crippen LogP contribution in [0.4, 0.5) is 10.5 Å². The molecule has 0 bridgehead atoms. The topological polar surface area (TPSA) is 97.0 Å². The van der Waals surface area contributed by atoms with Crippen molar-refractivity contribution in [3.8, 4) is 11.5 Å². The van der Waals surface area contributed by atoms with Gasteiger partial charge in [-0.15, -0.1) is 0 Å². The minimum absolute atomic E-state index is 0.304. The Morgan fingerprint density at radius 3 is 2.48 bits per heavy atom. The fourth-order valence-electron chi connectivity index (χ4n) is 3.74. The van der Waals surface area contributed by atoms with Crippen LogP contribution in [0.1, 0.15) is 38.5 Å². The van der Waals surface area contributed by atoms with Gasteiger partial charge in [0.25, 0.3) is 5.91 Å². The summed E-state index contributed by atoms with van der Waals surface area (Å²) >= 11 is 0. The molecule has 2 fully saturated rings. The van der Waals surface area contributed by atoms with Crippen LogP contribution in [-0.2, 0) is 9.59 Å². The molecule has 2 N–H and O–H groups in total. The number of ether oxygens (including phenoxy) is 2. The maximum Gasteiger partial charge on any atom is 0.325 e. The Balaban J connectivity index is 1.71. The molecule has 146 valence electrons. The molecule has 1 saturated heterocycles. The maximum absolute atomic E-state index is 12.9. The van der Waals surface area contributed by atoms with Crippen molar-refractivity contribution in [1.29, 1.82) is 0 Å². The summed E-state index contributed by atoms with van der Waals surface area (Å²) in [5.41, 5.74) is -0.431. The van der Waals surface area contributed by atoms with Crippen LogP contribution in [0.3, 0.4) is 0 Å². The zero-order valence-electron chi connectivity index (χ0n) is 15.7. The number of nitrogens with zero attached hydrogens (tertiary/aromatic N) is 1. The summed E-state index contributed by atoms with van der Waals surface area (Å²) in [6.45, 7) is -0.340. The normalized spacial score (nSPS) is 18.8. The monoisotopic (exact) mass is 375 g/mol. The highest BCUT2D eigenvalue weighted by atomic mass is 16.5. The van der Waals surface area contributed by atoms with Gasteiger partial charge < -0.3 is 20.1 Å². The van der Waals surface area contributed by atoms with Crippen molar-refractivity contribution >= 4 is 23.5 Å². The molecular formula is C19H25N3O5. The summed E-state index contributed by atoms with van der Waals surface area (Å²) < 4.78 is 10.4. The van der Waals surface area contributed by atoms with Crippen molar-refractivity contribution in [3.63, 3.8) is 0 Å². The van der Waals surface area contributed by atoms with E-state index in [1.165, 1.54) is 14.2 Å². The number of nitrogens with one attached hydrogen (secondary N) is 2. The van der Waals surface area contributed by atoms with Crippen LogP contribution in [0.15, 0.2) is 18.2 Å². The first kappa shape index (κ1) is 19.0. The zero-order chi connectivity index (χ0) is 19.4. The Hall–Kier alpha value is -2.77. The third-order valence-electron chi connectivity index (χ3n) is 5.19. The first-order chi connectivity index (χ1) is 13.0. The molecule has 1 aliphatic heterocycles. The van der Waals surface area contributed by atoms with E-state index < -0.39 is 17.5 Å². The minimum Gasteiger partial charge on any atom is -0.497 e. The SMILES string of the molecule is COc1ccc(OC)c(NC(=O)CN2C(=O)NC3(CCCCCC3)C2=O)c1. The highest BCUT2D eigenvalue weighted by Crippen LogP contribution is 2.33. The summed E-state index contributed by atoms with van der Waals surface area (Å²) in [6.07, 6.45) is 5.15. The fraction of sp³-hybridized carbons (Fsp3) is 0.526. The Morgan fingerprint density at radius 1 is 1.15 bits per heavy atom. The number of hydrogen-bond acceptors (Lipinski definition) is 5. The quantitative estimate of drug-likeness (QED) is 0.770. The average molecular weight is 375 g/mol. The standard InChI is InChI=1S/C19H25N3O5/c1-26-13-7-8-15(27-2)14(11-13)20-16(23)12-22-17(24)19(21-18(22)25)9-5-3-4-6-10-19/h7-8,11H,3-6,9-10,12H2,1-2H3,(H,20,23)(H,21,25). The largest absolute Gasteiger partial charge is 0.497 e. The van der Waals surface area contributed by atoms with Crippen LogP contribution in [0.25, 0.3) is 0 Å². The molecule has 1 aromatic carbocycles. The van der Waals surface area contributed by atoms with Crippen molar-refractivity contribution in [1.82, 2.24) is 10.2 Å². The van der Waals surface area contributed by atoms with Crippen molar-refractivity contribution in [2.24, 2.45) is 0 Å². The van der Waals surface area contributed by atoms with E-state index in [9.17, 15) is 14.4 Å². The lowest BCUT2D eigenvalue weighted by Crippen LogP contribution is -2.47. The predicted octanol–water partition coefficient (Wildman–Crippen LogP) is 2.29. The highest BCUT2D eigenvalue weighted by Gasteiger charge is 2.51. The van der Waals surface area contributed by atoms with E-state index in [1.807, 2.05) is 0 Å². The lowest BCUT2D eigenvalue weighted by Gasteiger charge is -2.24. The molecule has 4 amide bonds. The maximum atomic E-state index is 12.9. The van der Waals surface area contributed by atoms with Crippen molar-refractivity contribution in [2.45, 2.75) is 44.1 Å². The summed E-state index contributed by atoms with van der Waals surface area (Å²) in [7, 11) is 3.01. The molecule has 1 heterocycles. The summed E-state index contributed by atoms with van der Waals surface area (Å²) in [5.74, 6) is 0.234. The molecule has 3 rings (SSSR count). The van der Waals surface area contributed by atoms with Crippen molar-refractivity contribution in [2.75, 3.05) is 26.1 Å². The number of urea groups is 1. The molecule has 0 aromatic heterocycles. The van der Waals surface area contributed by atoms with Crippen molar-refractivity contribution < 1.29 is 23.9 Å². The lowest BCUT2D eigenvalue weighted by atomic mass is 9.90. The summed E-state index contributed by atoms with van der Waals surface area (Å²) in [4.78, 5) is 38.7. The number of amides is 4. The van der Waals surface area contributed by atoms with Gasteiger partial charge in [0.15, 0.2) is 0 Å². The third kappa shape index (κ3) is 3.84. The number of carbonyl (C=O) groups is 3. The molecule has 0 radical (unpaired) electrons. The molecular weight excluding hydrogens is 350 g/mol. The number of rotatable bonds is 5. The second-order valence-corrected chi connectivity index (χ2v) is 6.93. The van der Waals surface area contributed by atoms with Gasteiger partial charge in [-0.25, -0.2) is 4.79 Å². The second-order valence-electron chi connectivity index (χ2n) is 6.93. The Kier molecular flexibility index (Phi) is 5.53. The zero-order valence-corrected chi connectivity index (χ0v) is 15.7.